The SMILES string of the molecule is [2H]C([2H])(Oc1ccc(Cl)cc1F)c1cccc(OC2CCNCC2)n1. The van der Waals surface area contributed by atoms with E-state index in [2.05, 4.69) is 10.3 Å². The van der Waals surface area contributed by atoms with Gasteiger partial charge >= 0.3 is 0 Å². The summed E-state index contributed by atoms with van der Waals surface area (Å²) in [6, 6.07) is 8.56. The maximum Gasteiger partial charge on any atom is 0.213 e. The molecule has 2 heterocycles. The van der Waals surface area contributed by atoms with Crippen molar-refractivity contribution in [2.45, 2.75) is 25.5 Å². The molecule has 0 saturated carbocycles. The largest absolute Gasteiger partial charge is 0.484 e. The lowest BCUT2D eigenvalue weighted by atomic mass is 10.1. The molecule has 0 spiro atoms. The van der Waals surface area contributed by atoms with Gasteiger partial charge in [0.2, 0.25) is 5.88 Å². The summed E-state index contributed by atoms with van der Waals surface area (Å²) in [5, 5.41) is 3.46. The Morgan fingerprint density at radius 1 is 1.30 bits per heavy atom. The van der Waals surface area contributed by atoms with E-state index in [1.165, 1.54) is 18.2 Å². The van der Waals surface area contributed by atoms with E-state index in [-0.39, 0.29) is 22.6 Å². The summed E-state index contributed by atoms with van der Waals surface area (Å²) in [6.07, 6.45) is 1.78. The monoisotopic (exact) mass is 338 g/mol. The minimum Gasteiger partial charge on any atom is -0.484 e. The van der Waals surface area contributed by atoms with E-state index in [9.17, 15) is 4.39 Å². The van der Waals surface area contributed by atoms with Gasteiger partial charge in [0.1, 0.15) is 12.7 Å². The molecule has 3 rings (SSSR count). The first-order valence-corrected chi connectivity index (χ1v) is 7.81. The molecule has 1 aliphatic heterocycles. The van der Waals surface area contributed by atoms with Crippen molar-refractivity contribution in [1.29, 1.82) is 0 Å². The zero-order valence-corrected chi connectivity index (χ0v) is 13.1. The number of ether oxygens (including phenoxy) is 2. The van der Waals surface area contributed by atoms with Gasteiger partial charge in [-0.2, -0.15) is 0 Å². The summed E-state index contributed by atoms with van der Waals surface area (Å²) < 4.78 is 41.0. The summed E-state index contributed by atoms with van der Waals surface area (Å²) >= 11 is 5.70. The van der Waals surface area contributed by atoms with E-state index in [1.807, 2.05) is 0 Å². The highest BCUT2D eigenvalue weighted by molar-refractivity contribution is 6.30. The zero-order valence-electron chi connectivity index (χ0n) is 14.4. The smallest absolute Gasteiger partial charge is 0.213 e. The number of rotatable bonds is 5. The number of benzene rings is 1. The minimum atomic E-state index is -2.32. The second-order valence-electron chi connectivity index (χ2n) is 5.21. The van der Waals surface area contributed by atoms with Gasteiger partial charge in [0, 0.05) is 11.1 Å². The van der Waals surface area contributed by atoms with Crippen molar-refractivity contribution in [2.75, 3.05) is 13.1 Å². The van der Waals surface area contributed by atoms with E-state index < -0.39 is 12.4 Å². The van der Waals surface area contributed by atoms with Crippen molar-refractivity contribution in [2.24, 2.45) is 0 Å². The molecule has 0 amide bonds. The van der Waals surface area contributed by atoms with Crippen molar-refractivity contribution in [3.05, 3.63) is 52.9 Å². The van der Waals surface area contributed by atoms with Gasteiger partial charge < -0.3 is 14.8 Å². The van der Waals surface area contributed by atoms with Gasteiger partial charge in [-0.05, 0) is 50.2 Å². The molecule has 1 aromatic heterocycles. The van der Waals surface area contributed by atoms with Gasteiger partial charge in [0.15, 0.2) is 11.6 Å². The van der Waals surface area contributed by atoms with Crippen LogP contribution in [0.5, 0.6) is 11.6 Å². The third-order valence-corrected chi connectivity index (χ3v) is 3.69. The van der Waals surface area contributed by atoms with E-state index in [0.717, 1.165) is 32.0 Å². The maximum absolute atomic E-state index is 13.9. The molecule has 1 aromatic carbocycles. The normalized spacial score (nSPS) is 17.3. The van der Waals surface area contributed by atoms with Gasteiger partial charge in [0.25, 0.3) is 0 Å². The van der Waals surface area contributed by atoms with E-state index >= 15 is 0 Å². The Morgan fingerprint density at radius 3 is 2.91 bits per heavy atom. The Hall–Kier alpha value is -1.85. The topological polar surface area (TPSA) is 43.4 Å². The van der Waals surface area contributed by atoms with Crippen LogP contribution < -0.4 is 14.8 Å². The van der Waals surface area contributed by atoms with Gasteiger partial charge in [0.05, 0.1) is 8.44 Å². The van der Waals surface area contributed by atoms with Gasteiger partial charge in [-0.3, -0.25) is 0 Å². The molecule has 1 fully saturated rings. The molecule has 23 heavy (non-hydrogen) atoms. The van der Waals surface area contributed by atoms with Crippen LogP contribution >= 0.6 is 11.6 Å². The predicted octanol–water partition coefficient (Wildman–Crippen LogP) is 3.58. The molecule has 0 aliphatic carbocycles. The molecule has 122 valence electrons. The average Bonchev–Trinajstić information content (AvgIpc) is 2.59. The number of nitrogens with zero attached hydrogens (tertiary/aromatic N) is 1. The lowest BCUT2D eigenvalue weighted by Crippen LogP contribution is -2.34. The highest BCUT2D eigenvalue weighted by atomic mass is 35.5. The molecule has 2 aromatic rings. The summed E-state index contributed by atoms with van der Waals surface area (Å²) in [5.74, 6) is -0.646. The molecular formula is C17H18ClFN2O2. The molecule has 1 saturated heterocycles. The molecule has 1 aliphatic rings. The lowest BCUT2D eigenvalue weighted by Gasteiger charge is -2.23. The Balaban J connectivity index is 1.75. The first-order chi connectivity index (χ1) is 11.9. The number of halogens is 2. The second kappa shape index (κ2) is 7.62. The van der Waals surface area contributed by atoms with Crippen molar-refractivity contribution in [3.63, 3.8) is 0 Å². The fourth-order valence-electron chi connectivity index (χ4n) is 2.29. The minimum absolute atomic E-state index is 0.00767. The van der Waals surface area contributed by atoms with Crippen molar-refractivity contribution >= 4 is 11.6 Å². The maximum atomic E-state index is 13.9. The first kappa shape index (κ1) is 13.6. The van der Waals surface area contributed by atoms with E-state index in [1.54, 1.807) is 12.1 Å². The Labute approximate surface area is 142 Å². The molecule has 0 atom stereocenters. The molecule has 6 heteroatoms. The van der Waals surface area contributed by atoms with E-state index in [0.29, 0.717) is 5.88 Å². The number of hydrogen-bond donors (Lipinski definition) is 1. The number of hydrogen-bond acceptors (Lipinski definition) is 4. The Bertz CT molecular complexity index is 742. The van der Waals surface area contributed by atoms with Crippen molar-refractivity contribution < 1.29 is 16.6 Å². The molecule has 0 radical (unpaired) electrons. The summed E-state index contributed by atoms with van der Waals surface area (Å²) in [5.41, 5.74) is 0.00767. The zero-order chi connectivity index (χ0) is 17.9. The number of piperidine rings is 1. The quantitative estimate of drug-likeness (QED) is 0.905. The average molecular weight is 339 g/mol. The third kappa shape index (κ3) is 4.56. The van der Waals surface area contributed by atoms with Crippen LogP contribution in [0.4, 0.5) is 4.39 Å². The van der Waals surface area contributed by atoms with Crippen LogP contribution in [0.15, 0.2) is 36.4 Å². The molecule has 1 N–H and O–H groups in total. The highest BCUT2D eigenvalue weighted by Crippen LogP contribution is 2.22. The second-order valence-corrected chi connectivity index (χ2v) is 5.64. The fourth-order valence-corrected chi connectivity index (χ4v) is 2.45. The van der Waals surface area contributed by atoms with Crippen molar-refractivity contribution in [1.82, 2.24) is 10.3 Å². The van der Waals surface area contributed by atoms with Crippen molar-refractivity contribution in [3.8, 4) is 11.6 Å². The Kier molecular flexibility index (Phi) is 4.50. The van der Waals surface area contributed by atoms with Gasteiger partial charge in [-0.1, -0.05) is 17.7 Å². The molecule has 4 nitrogen and oxygen atoms in total. The van der Waals surface area contributed by atoms with Crippen LogP contribution in [0.25, 0.3) is 0 Å². The Morgan fingerprint density at radius 2 is 2.13 bits per heavy atom. The number of pyridine rings is 1. The summed E-state index contributed by atoms with van der Waals surface area (Å²) in [7, 11) is 0. The van der Waals surface area contributed by atoms with Crippen LogP contribution in [0, 0.1) is 5.82 Å². The number of aromatic nitrogens is 1. The third-order valence-electron chi connectivity index (χ3n) is 3.46. The molecule has 0 unspecified atom stereocenters. The van der Waals surface area contributed by atoms with Crippen LogP contribution in [0.3, 0.4) is 0 Å². The summed E-state index contributed by atoms with van der Waals surface area (Å²) in [4.78, 5) is 4.19. The number of nitrogens with one attached hydrogen (secondary N) is 1. The van der Waals surface area contributed by atoms with Crippen LogP contribution in [-0.2, 0) is 6.56 Å². The summed E-state index contributed by atoms with van der Waals surface area (Å²) in [6.45, 7) is -0.559. The van der Waals surface area contributed by atoms with Gasteiger partial charge in [-0.15, -0.1) is 0 Å². The highest BCUT2D eigenvalue weighted by Gasteiger charge is 2.15. The van der Waals surface area contributed by atoms with Crippen LogP contribution in [0.1, 0.15) is 21.3 Å². The van der Waals surface area contributed by atoms with Crippen LogP contribution in [-0.4, -0.2) is 24.2 Å². The predicted molar refractivity (Wildman–Crippen MR) is 86.5 cm³/mol. The first-order valence-electron chi connectivity index (χ1n) is 8.43. The van der Waals surface area contributed by atoms with Gasteiger partial charge in [-0.25, -0.2) is 9.37 Å². The van der Waals surface area contributed by atoms with E-state index in [4.69, 9.17) is 23.8 Å². The standard InChI is InChI=1S/C17H18ClFN2O2/c18-12-4-5-16(15(19)10-12)22-11-13-2-1-3-17(21-13)23-14-6-8-20-9-7-14/h1-5,10,14,20H,6-9,11H2/i11D2. The fraction of sp³-hybridized carbons (Fsp3) is 0.353. The molecular weight excluding hydrogens is 319 g/mol. The lowest BCUT2D eigenvalue weighted by molar-refractivity contribution is 0.155. The molecule has 0 bridgehead atoms. The van der Waals surface area contributed by atoms with Crippen LogP contribution in [0.2, 0.25) is 5.02 Å².